The molecule has 0 aliphatic carbocycles. The molecular formula is C11H16ClN. The topological polar surface area (TPSA) is 12.9 Å². The highest BCUT2D eigenvalue weighted by Gasteiger charge is 2.06. The van der Waals surface area contributed by atoms with Gasteiger partial charge in [0.1, 0.15) is 0 Å². The molecule has 2 heteroatoms. The van der Waals surface area contributed by atoms with Gasteiger partial charge in [-0.1, -0.05) is 13.0 Å². The van der Waals surface area contributed by atoms with Gasteiger partial charge in [0.25, 0.3) is 0 Å². The SMILES string of the molecule is CC(Cl)CC(C)Cc1cccnc1. The zero-order valence-electron chi connectivity index (χ0n) is 8.20. The fraction of sp³-hybridized carbons (Fsp3) is 0.545. The largest absolute Gasteiger partial charge is 0.264 e. The second-order valence-electron chi connectivity index (χ2n) is 3.69. The Morgan fingerprint density at radius 2 is 2.23 bits per heavy atom. The van der Waals surface area contributed by atoms with E-state index in [0.29, 0.717) is 5.92 Å². The molecule has 0 aliphatic heterocycles. The van der Waals surface area contributed by atoms with Crippen molar-refractivity contribution in [3.63, 3.8) is 0 Å². The predicted molar refractivity (Wildman–Crippen MR) is 57.0 cm³/mol. The van der Waals surface area contributed by atoms with E-state index in [0.717, 1.165) is 12.8 Å². The molecule has 0 saturated carbocycles. The number of hydrogen-bond acceptors (Lipinski definition) is 1. The molecule has 1 aromatic rings. The van der Waals surface area contributed by atoms with E-state index in [4.69, 9.17) is 11.6 Å². The van der Waals surface area contributed by atoms with Crippen molar-refractivity contribution in [2.75, 3.05) is 0 Å². The molecule has 0 radical (unpaired) electrons. The fourth-order valence-electron chi connectivity index (χ4n) is 1.56. The number of aromatic nitrogens is 1. The molecule has 1 nitrogen and oxygen atoms in total. The molecule has 0 aromatic carbocycles. The average Bonchev–Trinajstić information content (AvgIpc) is 2.04. The first-order valence-corrected chi connectivity index (χ1v) is 5.15. The lowest BCUT2D eigenvalue weighted by Crippen LogP contribution is -2.05. The van der Waals surface area contributed by atoms with Gasteiger partial charge in [0, 0.05) is 17.8 Å². The normalized spacial score (nSPS) is 15.3. The second-order valence-corrected chi connectivity index (χ2v) is 4.43. The molecule has 1 rings (SSSR count). The Morgan fingerprint density at radius 3 is 2.77 bits per heavy atom. The van der Waals surface area contributed by atoms with Gasteiger partial charge in [0.2, 0.25) is 0 Å². The van der Waals surface area contributed by atoms with Crippen molar-refractivity contribution in [3.05, 3.63) is 30.1 Å². The lowest BCUT2D eigenvalue weighted by molar-refractivity contribution is 0.526. The smallest absolute Gasteiger partial charge is 0.0310 e. The molecule has 0 saturated heterocycles. The summed E-state index contributed by atoms with van der Waals surface area (Å²) in [5.74, 6) is 0.636. The van der Waals surface area contributed by atoms with Gasteiger partial charge in [-0.2, -0.15) is 0 Å². The standard InChI is InChI=1S/C11H16ClN/c1-9(6-10(2)12)7-11-4-3-5-13-8-11/h3-5,8-10H,6-7H2,1-2H3. The quantitative estimate of drug-likeness (QED) is 0.676. The van der Waals surface area contributed by atoms with Crippen molar-refractivity contribution in [1.82, 2.24) is 4.98 Å². The lowest BCUT2D eigenvalue weighted by Gasteiger charge is -2.11. The molecule has 0 bridgehead atoms. The number of pyridine rings is 1. The maximum absolute atomic E-state index is 5.92. The van der Waals surface area contributed by atoms with Crippen LogP contribution in [0, 0.1) is 5.92 Å². The van der Waals surface area contributed by atoms with Gasteiger partial charge >= 0.3 is 0 Å². The van der Waals surface area contributed by atoms with Gasteiger partial charge in [0.05, 0.1) is 0 Å². The van der Waals surface area contributed by atoms with Crippen molar-refractivity contribution in [2.24, 2.45) is 5.92 Å². The van der Waals surface area contributed by atoms with Crippen LogP contribution in [0.15, 0.2) is 24.5 Å². The summed E-state index contributed by atoms with van der Waals surface area (Å²) in [6.45, 7) is 4.27. The summed E-state index contributed by atoms with van der Waals surface area (Å²) in [7, 11) is 0. The first-order valence-electron chi connectivity index (χ1n) is 4.71. The summed E-state index contributed by atoms with van der Waals surface area (Å²) in [5.41, 5.74) is 1.30. The van der Waals surface area contributed by atoms with Crippen LogP contribution in [0.4, 0.5) is 0 Å². The van der Waals surface area contributed by atoms with Gasteiger partial charge in [0.15, 0.2) is 0 Å². The summed E-state index contributed by atoms with van der Waals surface area (Å²) < 4.78 is 0. The molecule has 0 amide bonds. The molecule has 1 heterocycles. The highest BCUT2D eigenvalue weighted by molar-refractivity contribution is 6.20. The number of rotatable bonds is 4. The van der Waals surface area contributed by atoms with Crippen LogP contribution >= 0.6 is 11.6 Å². The highest BCUT2D eigenvalue weighted by Crippen LogP contribution is 2.15. The summed E-state index contributed by atoms with van der Waals surface area (Å²) in [5, 5.41) is 0.270. The Labute approximate surface area is 85.1 Å². The van der Waals surface area contributed by atoms with E-state index in [-0.39, 0.29) is 5.38 Å². The Balaban J connectivity index is 2.41. The summed E-state index contributed by atoms with van der Waals surface area (Å²) >= 11 is 5.92. The minimum Gasteiger partial charge on any atom is -0.264 e. The summed E-state index contributed by atoms with van der Waals surface area (Å²) in [4.78, 5) is 4.08. The molecule has 0 N–H and O–H groups in total. The first kappa shape index (κ1) is 10.5. The maximum Gasteiger partial charge on any atom is 0.0310 e. The van der Waals surface area contributed by atoms with Gasteiger partial charge in [-0.25, -0.2) is 0 Å². The van der Waals surface area contributed by atoms with E-state index in [1.807, 2.05) is 19.2 Å². The Kier molecular flexibility index (Phi) is 4.23. The molecule has 2 atom stereocenters. The number of halogens is 1. The van der Waals surface area contributed by atoms with Crippen LogP contribution in [0.2, 0.25) is 0 Å². The van der Waals surface area contributed by atoms with Crippen LogP contribution in [-0.4, -0.2) is 10.4 Å². The van der Waals surface area contributed by atoms with E-state index in [2.05, 4.69) is 18.0 Å². The molecule has 72 valence electrons. The van der Waals surface area contributed by atoms with E-state index in [9.17, 15) is 0 Å². The molecular weight excluding hydrogens is 182 g/mol. The molecule has 0 spiro atoms. The monoisotopic (exact) mass is 197 g/mol. The number of alkyl halides is 1. The Bertz CT molecular complexity index is 233. The van der Waals surface area contributed by atoms with Crippen LogP contribution < -0.4 is 0 Å². The lowest BCUT2D eigenvalue weighted by atomic mass is 9.98. The molecule has 13 heavy (non-hydrogen) atoms. The minimum absolute atomic E-state index is 0.270. The van der Waals surface area contributed by atoms with Gasteiger partial charge < -0.3 is 0 Å². The summed E-state index contributed by atoms with van der Waals surface area (Å²) in [6, 6.07) is 4.09. The van der Waals surface area contributed by atoms with Crippen LogP contribution in [0.5, 0.6) is 0 Å². The fourth-order valence-corrected chi connectivity index (χ4v) is 1.86. The molecule has 2 unspecified atom stereocenters. The maximum atomic E-state index is 5.92. The van der Waals surface area contributed by atoms with Gasteiger partial charge in [-0.05, 0) is 37.3 Å². The third-order valence-corrected chi connectivity index (χ3v) is 2.21. The van der Waals surface area contributed by atoms with Crippen LogP contribution in [-0.2, 0) is 6.42 Å². The van der Waals surface area contributed by atoms with Crippen molar-refractivity contribution in [3.8, 4) is 0 Å². The third-order valence-electron chi connectivity index (χ3n) is 2.03. The van der Waals surface area contributed by atoms with E-state index in [1.165, 1.54) is 5.56 Å². The van der Waals surface area contributed by atoms with E-state index < -0.39 is 0 Å². The van der Waals surface area contributed by atoms with Crippen molar-refractivity contribution < 1.29 is 0 Å². The summed E-state index contributed by atoms with van der Waals surface area (Å²) in [6.07, 6.45) is 5.87. The van der Waals surface area contributed by atoms with E-state index in [1.54, 1.807) is 6.20 Å². The van der Waals surface area contributed by atoms with Gasteiger partial charge in [-0.15, -0.1) is 11.6 Å². The zero-order chi connectivity index (χ0) is 9.68. The predicted octanol–water partition coefficient (Wildman–Crippen LogP) is 3.28. The zero-order valence-corrected chi connectivity index (χ0v) is 8.96. The average molecular weight is 198 g/mol. The van der Waals surface area contributed by atoms with E-state index >= 15 is 0 Å². The van der Waals surface area contributed by atoms with Crippen LogP contribution in [0.1, 0.15) is 25.8 Å². The second kappa shape index (κ2) is 5.23. The third kappa shape index (κ3) is 4.28. The van der Waals surface area contributed by atoms with Crippen molar-refractivity contribution >= 4 is 11.6 Å². The first-order chi connectivity index (χ1) is 6.18. The molecule has 0 aliphatic rings. The Hall–Kier alpha value is -0.560. The van der Waals surface area contributed by atoms with Crippen LogP contribution in [0.3, 0.4) is 0 Å². The molecule has 0 fully saturated rings. The highest BCUT2D eigenvalue weighted by atomic mass is 35.5. The van der Waals surface area contributed by atoms with Crippen molar-refractivity contribution in [2.45, 2.75) is 32.1 Å². The van der Waals surface area contributed by atoms with Gasteiger partial charge in [-0.3, -0.25) is 4.98 Å². The Morgan fingerprint density at radius 1 is 1.46 bits per heavy atom. The molecule has 1 aromatic heterocycles. The van der Waals surface area contributed by atoms with Crippen molar-refractivity contribution in [1.29, 1.82) is 0 Å². The van der Waals surface area contributed by atoms with Crippen LogP contribution in [0.25, 0.3) is 0 Å². The number of nitrogens with zero attached hydrogens (tertiary/aromatic N) is 1. The number of hydrogen-bond donors (Lipinski definition) is 0. The minimum atomic E-state index is 0.270.